The highest BCUT2D eigenvalue weighted by molar-refractivity contribution is 7.90. The molecule has 5 rings (SSSR count). The first-order chi connectivity index (χ1) is 25.1. The van der Waals surface area contributed by atoms with Crippen LogP contribution in [0.2, 0.25) is 0 Å². The second-order valence-electron chi connectivity index (χ2n) is 14.1. The van der Waals surface area contributed by atoms with E-state index in [0.29, 0.717) is 36.1 Å². The highest BCUT2D eigenvalue weighted by Crippen LogP contribution is 2.42. The number of carbonyl (C=O) groups is 2. The number of rotatable bonds is 13. The number of guanidine groups is 1. The van der Waals surface area contributed by atoms with Gasteiger partial charge in [0.25, 0.3) is 21.5 Å². The van der Waals surface area contributed by atoms with Gasteiger partial charge in [-0.05, 0) is 112 Å². The van der Waals surface area contributed by atoms with Crippen LogP contribution in [0.5, 0.6) is 5.75 Å². The maximum Gasteiger partial charge on any atom is 0.326 e. The summed E-state index contributed by atoms with van der Waals surface area (Å²) in [6.07, 6.45) is 2.18. The summed E-state index contributed by atoms with van der Waals surface area (Å²) < 4.78 is 35.5. The second-order valence-corrected chi connectivity index (χ2v) is 15.7. The van der Waals surface area contributed by atoms with Gasteiger partial charge in [0.1, 0.15) is 23.0 Å². The van der Waals surface area contributed by atoms with Crippen LogP contribution in [0, 0.1) is 26.2 Å². The van der Waals surface area contributed by atoms with E-state index in [1.165, 1.54) is 6.07 Å². The Kier molecular flexibility index (Phi) is 11.8. The van der Waals surface area contributed by atoms with Crippen molar-refractivity contribution in [1.82, 2.24) is 20.3 Å². The number of amides is 1. The van der Waals surface area contributed by atoms with Crippen LogP contribution in [0.25, 0.3) is 0 Å². The summed E-state index contributed by atoms with van der Waals surface area (Å²) >= 11 is 0. The average molecular weight is 742 g/mol. The Morgan fingerprint density at radius 1 is 0.925 bits per heavy atom. The first kappa shape index (κ1) is 38.8. The van der Waals surface area contributed by atoms with Gasteiger partial charge in [0.15, 0.2) is 0 Å². The lowest BCUT2D eigenvalue weighted by atomic mass is 9.88. The summed E-state index contributed by atoms with van der Waals surface area (Å²) in [5.41, 5.74) is 4.05. The zero-order valence-electron chi connectivity index (χ0n) is 30.6. The van der Waals surface area contributed by atoms with Crippen molar-refractivity contribution < 1.29 is 27.9 Å². The summed E-state index contributed by atoms with van der Waals surface area (Å²) in [6, 6.07) is 21.1. The Bertz CT molecular complexity index is 2130. The van der Waals surface area contributed by atoms with E-state index in [1.807, 2.05) is 81.4 Å². The number of sulfonamides is 1. The Labute approximate surface area is 310 Å². The molecular weight excluding hydrogens is 695 g/mol. The van der Waals surface area contributed by atoms with Gasteiger partial charge in [-0.3, -0.25) is 15.0 Å². The molecule has 13 heteroatoms. The minimum absolute atomic E-state index is 0.0492. The molecule has 6 N–H and O–H groups in total. The van der Waals surface area contributed by atoms with E-state index < -0.39 is 39.5 Å². The number of aromatic amines is 1. The molecule has 0 unspecified atom stereocenters. The molecule has 0 bridgehead atoms. The SMILES string of the molecule is Cc1c(C)c(S(=O)(=O)NC(=N)NCCCC[C@H](NC(=O)c2ccc(C(c3ccccc3)c3ccccc3)[nH]c2=O)C(=O)O)c(C)c2c1OC(C)(C)CC2. The number of fused-ring (bicyclic) bond motifs is 1. The molecule has 0 spiro atoms. The van der Waals surface area contributed by atoms with Gasteiger partial charge in [-0.1, -0.05) is 60.7 Å². The number of carbonyl (C=O) groups excluding carboxylic acids is 1. The third-order valence-electron chi connectivity index (χ3n) is 9.75. The highest BCUT2D eigenvalue weighted by Gasteiger charge is 2.34. The number of aromatic nitrogens is 1. The van der Waals surface area contributed by atoms with Gasteiger partial charge in [0.05, 0.1) is 4.90 Å². The molecule has 12 nitrogen and oxygen atoms in total. The predicted molar refractivity (Wildman–Crippen MR) is 203 cm³/mol. The summed E-state index contributed by atoms with van der Waals surface area (Å²) in [7, 11) is -4.10. The maximum atomic E-state index is 13.5. The van der Waals surface area contributed by atoms with Gasteiger partial charge in [0, 0.05) is 18.2 Å². The summed E-state index contributed by atoms with van der Waals surface area (Å²) in [6.45, 7) is 9.52. The van der Waals surface area contributed by atoms with Crippen LogP contribution in [0.4, 0.5) is 0 Å². The number of ether oxygens (including phenoxy) is 1. The number of H-pyrrole nitrogens is 1. The van der Waals surface area contributed by atoms with E-state index in [0.717, 1.165) is 34.4 Å². The van der Waals surface area contributed by atoms with Crippen LogP contribution < -0.4 is 25.7 Å². The standard InChI is InChI=1S/C40H47N5O7S/c1-24-25(2)35(26(3)29-21-22-40(4,5)52-34(24)29)53(50,51)45-39(41)42-23-13-12-18-32(38(48)49)44-37(47)30-19-20-31(43-36(30)46)33(27-14-8-6-9-15-27)28-16-10-7-11-17-28/h6-11,14-17,19-20,32-33H,12-13,18,21-23H2,1-5H3,(H,43,46)(H,44,47)(H,48,49)(H3,41,42,45)/t32-/m0/s1. The predicted octanol–water partition coefficient (Wildman–Crippen LogP) is 5.44. The third-order valence-corrected chi connectivity index (χ3v) is 11.4. The number of carboxylic acid groups (broad SMARTS) is 1. The average Bonchev–Trinajstić information content (AvgIpc) is 3.10. The molecule has 1 amide bonds. The normalized spacial score (nSPS) is 14.1. The maximum absolute atomic E-state index is 13.5. The van der Waals surface area contributed by atoms with Crippen molar-refractivity contribution in [2.75, 3.05) is 6.54 Å². The summed E-state index contributed by atoms with van der Waals surface area (Å²) in [5.74, 6) is -2.05. The van der Waals surface area contributed by atoms with Crippen molar-refractivity contribution in [1.29, 1.82) is 5.41 Å². The van der Waals surface area contributed by atoms with Crippen molar-refractivity contribution in [2.24, 2.45) is 0 Å². The van der Waals surface area contributed by atoms with Crippen LogP contribution in [-0.4, -0.2) is 54.5 Å². The molecule has 0 saturated carbocycles. The van der Waals surface area contributed by atoms with Crippen molar-refractivity contribution >= 4 is 27.9 Å². The molecule has 0 aliphatic carbocycles. The molecule has 1 aliphatic rings. The van der Waals surface area contributed by atoms with Crippen LogP contribution >= 0.6 is 0 Å². The number of nitrogens with one attached hydrogen (secondary N) is 5. The second kappa shape index (κ2) is 16.1. The number of pyridine rings is 1. The first-order valence-electron chi connectivity index (χ1n) is 17.6. The lowest BCUT2D eigenvalue weighted by Crippen LogP contribution is -2.43. The molecular formula is C40H47N5O7S. The van der Waals surface area contributed by atoms with E-state index >= 15 is 0 Å². The number of aliphatic carboxylic acids is 1. The number of hydrogen-bond donors (Lipinski definition) is 6. The molecule has 1 aliphatic heterocycles. The smallest absolute Gasteiger partial charge is 0.326 e. The van der Waals surface area contributed by atoms with Crippen molar-refractivity contribution in [3.63, 3.8) is 0 Å². The summed E-state index contributed by atoms with van der Waals surface area (Å²) in [4.78, 5) is 41.2. The summed E-state index contributed by atoms with van der Waals surface area (Å²) in [5, 5.41) is 23.3. The van der Waals surface area contributed by atoms with E-state index in [-0.39, 0.29) is 34.9 Å². The lowest BCUT2D eigenvalue weighted by molar-refractivity contribution is -0.139. The Morgan fingerprint density at radius 2 is 1.55 bits per heavy atom. The minimum Gasteiger partial charge on any atom is -0.487 e. The zero-order valence-corrected chi connectivity index (χ0v) is 31.4. The zero-order chi connectivity index (χ0) is 38.5. The molecule has 280 valence electrons. The van der Waals surface area contributed by atoms with Gasteiger partial charge >= 0.3 is 5.97 Å². The number of hydrogen-bond acceptors (Lipinski definition) is 7. The number of carboxylic acids is 1. The van der Waals surface area contributed by atoms with Gasteiger partial charge in [-0.15, -0.1) is 0 Å². The van der Waals surface area contributed by atoms with Crippen LogP contribution in [-0.2, 0) is 21.2 Å². The number of benzene rings is 3. The molecule has 4 aromatic rings. The van der Waals surface area contributed by atoms with Crippen molar-refractivity contribution in [3.8, 4) is 5.75 Å². The molecule has 53 heavy (non-hydrogen) atoms. The monoisotopic (exact) mass is 741 g/mol. The molecule has 1 atom stereocenters. The Morgan fingerprint density at radius 3 is 2.13 bits per heavy atom. The highest BCUT2D eigenvalue weighted by atomic mass is 32.2. The minimum atomic E-state index is -4.10. The van der Waals surface area contributed by atoms with Crippen molar-refractivity contribution in [2.45, 2.75) is 89.2 Å². The molecule has 0 saturated heterocycles. The van der Waals surface area contributed by atoms with E-state index in [2.05, 4.69) is 20.3 Å². The van der Waals surface area contributed by atoms with E-state index in [9.17, 15) is 27.9 Å². The quantitative estimate of drug-likeness (QED) is 0.0593. The molecule has 2 heterocycles. The van der Waals surface area contributed by atoms with Gasteiger partial charge in [0.2, 0.25) is 5.96 Å². The van der Waals surface area contributed by atoms with Crippen molar-refractivity contribution in [3.05, 3.63) is 128 Å². The fraction of sp³-hybridized carbons (Fsp3) is 0.350. The van der Waals surface area contributed by atoms with Gasteiger partial charge < -0.3 is 25.5 Å². The molecule has 3 aromatic carbocycles. The Hall–Kier alpha value is -5.43. The fourth-order valence-electron chi connectivity index (χ4n) is 6.83. The Balaban J connectivity index is 1.16. The largest absolute Gasteiger partial charge is 0.487 e. The van der Waals surface area contributed by atoms with Crippen LogP contribution in [0.15, 0.2) is 82.5 Å². The molecule has 0 fully saturated rings. The lowest BCUT2D eigenvalue weighted by Gasteiger charge is -2.35. The van der Waals surface area contributed by atoms with Gasteiger partial charge in [-0.25, -0.2) is 17.9 Å². The molecule has 0 radical (unpaired) electrons. The first-order valence-corrected chi connectivity index (χ1v) is 19.1. The number of unbranched alkanes of at least 4 members (excludes halogenated alkanes) is 1. The third kappa shape index (κ3) is 8.97. The van der Waals surface area contributed by atoms with Gasteiger partial charge in [-0.2, -0.15) is 0 Å². The fourth-order valence-corrected chi connectivity index (χ4v) is 8.36. The topological polar surface area (TPSA) is 191 Å². The van der Waals surface area contributed by atoms with E-state index in [4.69, 9.17) is 10.1 Å². The van der Waals surface area contributed by atoms with E-state index in [1.54, 1.807) is 19.9 Å². The van der Waals surface area contributed by atoms with Crippen LogP contribution in [0.3, 0.4) is 0 Å². The molecule has 1 aromatic heterocycles. The van der Waals surface area contributed by atoms with Crippen LogP contribution in [0.1, 0.15) is 94.9 Å².